The van der Waals surface area contributed by atoms with Crippen molar-refractivity contribution in [2.45, 2.75) is 51.6 Å². The van der Waals surface area contributed by atoms with E-state index >= 15 is 0 Å². The molecule has 1 aromatic carbocycles. The predicted molar refractivity (Wildman–Crippen MR) is 110 cm³/mol. The molecule has 2 heterocycles. The van der Waals surface area contributed by atoms with E-state index in [1.807, 2.05) is 6.07 Å². The number of likely N-dealkylation sites (tertiary alicyclic amines) is 1. The molecule has 0 bridgehead atoms. The van der Waals surface area contributed by atoms with Crippen molar-refractivity contribution in [3.63, 3.8) is 0 Å². The van der Waals surface area contributed by atoms with Crippen LogP contribution < -0.4 is 5.32 Å². The molecule has 0 amide bonds. The summed E-state index contributed by atoms with van der Waals surface area (Å²) in [5, 5.41) is 13.9. The molecule has 146 valence electrons. The van der Waals surface area contributed by atoms with E-state index in [2.05, 4.69) is 40.3 Å². The maximum Gasteiger partial charge on any atom is 0.194 e. The van der Waals surface area contributed by atoms with E-state index in [-0.39, 0.29) is 0 Å². The second kappa shape index (κ2) is 8.34. The van der Waals surface area contributed by atoms with E-state index in [0.717, 1.165) is 57.1 Å². The first kappa shape index (κ1) is 18.4. The van der Waals surface area contributed by atoms with Gasteiger partial charge >= 0.3 is 0 Å². The Morgan fingerprint density at radius 2 is 2.04 bits per heavy atom. The van der Waals surface area contributed by atoms with Crippen LogP contribution in [0, 0.1) is 0 Å². The van der Waals surface area contributed by atoms with Gasteiger partial charge in [0.25, 0.3) is 0 Å². The molecule has 2 N–H and O–H groups in total. The van der Waals surface area contributed by atoms with Crippen molar-refractivity contribution in [2.75, 3.05) is 32.7 Å². The molecule has 1 fully saturated rings. The number of aryl methyl sites for hydroxylation is 1. The first-order valence-electron chi connectivity index (χ1n) is 10.5. The molecule has 2 aliphatic heterocycles. The number of phenolic OH excluding ortho intramolecular Hbond substituents is 1. The highest BCUT2D eigenvalue weighted by Crippen LogP contribution is 2.31. The van der Waals surface area contributed by atoms with E-state index in [4.69, 9.17) is 4.99 Å². The third kappa shape index (κ3) is 3.98. The fourth-order valence-electron chi connectivity index (χ4n) is 4.67. The summed E-state index contributed by atoms with van der Waals surface area (Å²) in [7, 11) is 0. The molecular weight excluding hydrogens is 336 g/mol. The van der Waals surface area contributed by atoms with Crippen molar-refractivity contribution in [3.8, 4) is 5.75 Å². The number of hydrogen-bond donors (Lipinski definition) is 2. The molecular formula is C22H32N4O. The Morgan fingerprint density at radius 3 is 2.85 bits per heavy atom. The van der Waals surface area contributed by atoms with Crippen molar-refractivity contribution in [2.24, 2.45) is 4.99 Å². The average Bonchev–Trinajstić information content (AvgIpc) is 3.38. The minimum Gasteiger partial charge on any atom is -0.508 e. The molecule has 5 heteroatoms. The highest BCUT2D eigenvalue weighted by Gasteiger charge is 2.29. The van der Waals surface area contributed by atoms with Crippen LogP contribution in [0.2, 0.25) is 0 Å². The van der Waals surface area contributed by atoms with Gasteiger partial charge in [0.05, 0.1) is 6.54 Å². The molecule has 0 radical (unpaired) electrons. The van der Waals surface area contributed by atoms with Gasteiger partial charge in [0.15, 0.2) is 5.96 Å². The lowest BCUT2D eigenvalue weighted by Crippen LogP contribution is -2.42. The average molecular weight is 369 g/mol. The SMILES string of the molecule is CCNC(=NCc1c(O)ccc2c1CCCC2)N1CCC(N2CC=CC2)C1. The Morgan fingerprint density at radius 1 is 1.22 bits per heavy atom. The van der Waals surface area contributed by atoms with Crippen molar-refractivity contribution in [1.29, 1.82) is 0 Å². The fourth-order valence-corrected chi connectivity index (χ4v) is 4.67. The molecule has 1 saturated heterocycles. The third-order valence-corrected chi connectivity index (χ3v) is 6.17. The van der Waals surface area contributed by atoms with E-state index in [1.54, 1.807) is 0 Å². The highest BCUT2D eigenvalue weighted by atomic mass is 16.3. The smallest absolute Gasteiger partial charge is 0.194 e. The van der Waals surface area contributed by atoms with Gasteiger partial charge in [-0.05, 0) is 56.2 Å². The number of hydrogen-bond acceptors (Lipinski definition) is 3. The Kier molecular flexibility index (Phi) is 5.67. The largest absolute Gasteiger partial charge is 0.508 e. The molecule has 27 heavy (non-hydrogen) atoms. The fraction of sp³-hybridized carbons (Fsp3) is 0.591. The number of aromatic hydroxyl groups is 1. The van der Waals surface area contributed by atoms with Crippen molar-refractivity contribution >= 4 is 5.96 Å². The van der Waals surface area contributed by atoms with E-state index in [0.29, 0.717) is 18.3 Å². The Hall–Kier alpha value is -2.01. The van der Waals surface area contributed by atoms with Crippen molar-refractivity contribution < 1.29 is 5.11 Å². The number of aliphatic imine (C=N–C) groups is 1. The number of guanidine groups is 1. The van der Waals surface area contributed by atoms with Gasteiger partial charge in [0, 0.05) is 44.3 Å². The molecule has 5 nitrogen and oxygen atoms in total. The molecule has 1 aromatic rings. The minimum absolute atomic E-state index is 0.401. The molecule has 0 saturated carbocycles. The van der Waals surface area contributed by atoms with Crippen LogP contribution in [0.1, 0.15) is 42.9 Å². The van der Waals surface area contributed by atoms with E-state index in [9.17, 15) is 5.11 Å². The highest BCUT2D eigenvalue weighted by molar-refractivity contribution is 5.80. The molecule has 1 atom stereocenters. The van der Waals surface area contributed by atoms with Gasteiger partial charge in [-0.25, -0.2) is 4.99 Å². The number of phenols is 1. The van der Waals surface area contributed by atoms with Gasteiger partial charge in [-0.15, -0.1) is 0 Å². The molecule has 3 aliphatic rings. The Bertz CT molecular complexity index is 719. The summed E-state index contributed by atoms with van der Waals surface area (Å²) in [5.74, 6) is 1.39. The second-order valence-corrected chi connectivity index (χ2v) is 7.89. The zero-order valence-corrected chi connectivity index (χ0v) is 16.5. The predicted octanol–water partition coefficient (Wildman–Crippen LogP) is 2.68. The zero-order chi connectivity index (χ0) is 18.6. The topological polar surface area (TPSA) is 51.1 Å². The number of nitrogens with one attached hydrogen (secondary N) is 1. The number of nitrogens with zero attached hydrogens (tertiary/aromatic N) is 3. The summed E-state index contributed by atoms with van der Waals surface area (Å²) >= 11 is 0. The summed E-state index contributed by atoms with van der Waals surface area (Å²) in [5.41, 5.74) is 3.77. The van der Waals surface area contributed by atoms with Crippen LogP contribution in [0.5, 0.6) is 5.75 Å². The lowest BCUT2D eigenvalue weighted by atomic mass is 9.88. The maximum absolute atomic E-state index is 10.4. The zero-order valence-electron chi connectivity index (χ0n) is 16.5. The summed E-state index contributed by atoms with van der Waals surface area (Å²) < 4.78 is 0. The van der Waals surface area contributed by atoms with Gasteiger partial charge in [-0.3, -0.25) is 4.90 Å². The van der Waals surface area contributed by atoms with Crippen molar-refractivity contribution in [3.05, 3.63) is 41.0 Å². The van der Waals surface area contributed by atoms with Crippen LogP contribution in [0.25, 0.3) is 0 Å². The van der Waals surface area contributed by atoms with E-state index in [1.165, 1.54) is 30.4 Å². The van der Waals surface area contributed by atoms with Gasteiger partial charge in [0.1, 0.15) is 5.75 Å². The van der Waals surface area contributed by atoms with Crippen LogP contribution in [0.3, 0.4) is 0 Å². The monoisotopic (exact) mass is 368 g/mol. The summed E-state index contributed by atoms with van der Waals surface area (Å²) in [6, 6.07) is 4.56. The molecule has 1 aliphatic carbocycles. The first-order chi connectivity index (χ1) is 13.3. The van der Waals surface area contributed by atoms with Gasteiger partial charge < -0.3 is 15.3 Å². The van der Waals surface area contributed by atoms with Gasteiger partial charge in [-0.2, -0.15) is 0 Å². The van der Waals surface area contributed by atoms with Crippen LogP contribution in [0.4, 0.5) is 0 Å². The van der Waals surface area contributed by atoms with Crippen molar-refractivity contribution in [1.82, 2.24) is 15.1 Å². The Labute approximate surface area is 162 Å². The summed E-state index contributed by atoms with van der Waals surface area (Å²) in [4.78, 5) is 9.87. The molecule has 0 spiro atoms. The second-order valence-electron chi connectivity index (χ2n) is 7.89. The Balaban J connectivity index is 1.49. The molecule has 0 aromatic heterocycles. The van der Waals surface area contributed by atoms with Gasteiger partial charge in [-0.1, -0.05) is 18.2 Å². The molecule has 1 unspecified atom stereocenters. The van der Waals surface area contributed by atoms with Gasteiger partial charge in [0.2, 0.25) is 0 Å². The quantitative estimate of drug-likeness (QED) is 0.487. The molecule has 4 rings (SSSR count). The lowest BCUT2D eigenvalue weighted by Gasteiger charge is -2.26. The van der Waals surface area contributed by atoms with Crippen LogP contribution in [-0.4, -0.2) is 59.6 Å². The minimum atomic E-state index is 0.401. The standard InChI is InChI=1S/C22H32N4O/c1-2-23-22(26-14-11-18(16-26)25-12-5-6-13-25)24-15-20-19-8-4-3-7-17(19)9-10-21(20)27/h5-6,9-10,18,27H,2-4,7-8,11-16H2,1H3,(H,23,24). The van der Waals surface area contributed by atoms with E-state index < -0.39 is 0 Å². The van der Waals surface area contributed by atoms with Crippen LogP contribution >= 0.6 is 0 Å². The third-order valence-electron chi connectivity index (χ3n) is 6.17. The van der Waals surface area contributed by atoms with Crippen LogP contribution in [0.15, 0.2) is 29.3 Å². The lowest BCUT2D eigenvalue weighted by molar-refractivity contribution is 0.259. The summed E-state index contributed by atoms with van der Waals surface area (Å²) in [6.45, 7) is 7.79. The summed E-state index contributed by atoms with van der Waals surface area (Å²) in [6.07, 6.45) is 10.4. The first-order valence-corrected chi connectivity index (χ1v) is 10.5. The number of fused-ring (bicyclic) bond motifs is 1. The number of rotatable bonds is 4. The van der Waals surface area contributed by atoms with Crippen LogP contribution in [-0.2, 0) is 19.4 Å². The normalized spacial score (nSPS) is 23.1. The number of benzene rings is 1. The maximum atomic E-state index is 10.4.